The van der Waals surface area contributed by atoms with E-state index in [0.29, 0.717) is 6.04 Å². The molecule has 2 unspecified atom stereocenters. The SMILES string of the molecule is C=CC(=O)N1CCC2CCN(C(C)(C)C)C2C1. The minimum absolute atomic E-state index is 0.0872. The molecule has 0 saturated carbocycles. The van der Waals surface area contributed by atoms with E-state index in [2.05, 4.69) is 32.3 Å². The molecule has 2 atom stereocenters. The quantitative estimate of drug-likeness (QED) is 0.649. The molecular formula is C14H24N2O. The maximum Gasteiger partial charge on any atom is 0.246 e. The van der Waals surface area contributed by atoms with Gasteiger partial charge in [-0.1, -0.05) is 6.58 Å². The van der Waals surface area contributed by atoms with E-state index in [9.17, 15) is 4.79 Å². The van der Waals surface area contributed by atoms with Crippen LogP contribution in [0.5, 0.6) is 0 Å². The summed E-state index contributed by atoms with van der Waals surface area (Å²) in [6, 6.07) is 0.549. The summed E-state index contributed by atoms with van der Waals surface area (Å²) in [6.45, 7) is 13.4. The lowest BCUT2D eigenvalue weighted by atomic mass is 9.91. The second-order valence-electron chi connectivity index (χ2n) is 6.26. The molecule has 0 aromatic rings. The third-order valence-electron chi connectivity index (χ3n) is 4.21. The second kappa shape index (κ2) is 4.45. The van der Waals surface area contributed by atoms with Gasteiger partial charge in [0.15, 0.2) is 0 Å². The fourth-order valence-electron chi connectivity index (χ4n) is 3.30. The first kappa shape index (κ1) is 12.6. The Morgan fingerprint density at radius 1 is 1.29 bits per heavy atom. The molecule has 96 valence electrons. The third kappa shape index (κ3) is 2.39. The van der Waals surface area contributed by atoms with Crippen LogP contribution >= 0.6 is 0 Å². The van der Waals surface area contributed by atoms with Crippen molar-refractivity contribution in [3.8, 4) is 0 Å². The summed E-state index contributed by atoms with van der Waals surface area (Å²) in [6.07, 6.45) is 3.88. The van der Waals surface area contributed by atoms with Gasteiger partial charge in [0.25, 0.3) is 0 Å². The molecular weight excluding hydrogens is 212 g/mol. The Labute approximate surface area is 104 Å². The molecule has 3 heteroatoms. The van der Waals surface area contributed by atoms with Gasteiger partial charge in [-0.3, -0.25) is 9.69 Å². The maximum atomic E-state index is 11.7. The molecule has 2 fully saturated rings. The summed E-state index contributed by atoms with van der Waals surface area (Å²) in [4.78, 5) is 16.2. The van der Waals surface area contributed by atoms with Gasteiger partial charge < -0.3 is 4.90 Å². The zero-order valence-electron chi connectivity index (χ0n) is 11.3. The van der Waals surface area contributed by atoms with Gasteiger partial charge in [0.2, 0.25) is 5.91 Å². The second-order valence-corrected chi connectivity index (χ2v) is 6.26. The molecule has 3 nitrogen and oxygen atoms in total. The molecule has 2 aliphatic heterocycles. The first-order chi connectivity index (χ1) is 7.93. The van der Waals surface area contributed by atoms with Crippen molar-refractivity contribution in [2.24, 2.45) is 5.92 Å². The molecule has 0 bridgehead atoms. The lowest BCUT2D eigenvalue weighted by Gasteiger charge is -2.43. The summed E-state index contributed by atoms with van der Waals surface area (Å²) >= 11 is 0. The Balaban J connectivity index is 2.09. The highest BCUT2D eigenvalue weighted by atomic mass is 16.2. The van der Waals surface area contributed by atoms with E-state index in [0.717, 1.165) is 25.4 Å². The molecule has 0 N–H and O–H groups in total. The minimum Gasteiger partial charge on any atom is -0.338 e. The van der Waals surface area contributed by atoms with Gasteiger partial charge in [0.1, 0.15) is 0 Å². The number of carbonyl (C=O) groups is 1. The van der Waals surface area contributed by atoms with Crippen LogP contribution in [0.1, 0.15) is 33.6 Å². The predicted molar refractivity (Wildman–Crippen MR) is 69.7 cm³/mol. The molecule has 2 aliphatic rings. The molecule has 0 aliphatic carbocycles. The van der Waals surface area contributed by atoms with Crippen LogP contribution in [0.15, 0.2) is 12.7 Å². The van der Waals surface area contributed by atoms with Crippen molar-refractivity contribution in [3.05, 3.63) is 12.7 Å². The van der Waals surface area contributed by atoms with E-state index in [1.165, 1.54) is 19.0 Å². The maximum absolute atomic E-state index is 11.7. The van der Waals surface area contributed by atoms with Crippen LogP contribution in [0, 0.1) is 5.92 Å². The van der Waals surface area contributed by atoms with Crippen molar-refractivity contribution in [1.29, 1.82) is 0 Å². The number of nitrogens with zero attached hydrogens (tertiary/aromatic N) is 2. The van der Waals surface area contributed by atoms with Gasteiger partial charge in [0, 0.05) is 24.7 Å². The molecule has 0 spiro atoms. The normalized spacial score (nSPS) is 30.2. The average molecular weight is 236 g/mol. The molecule has 0 aromatic carbocycles. The zero-order chi connectivity index (χ0) is 12.6. The molecule has 2 heterocycles. The minimum atomic E-state index is 0.0872. The molecule has 17 heavy (non-hydrogen) atoms. The van der Waals surface area contributed by atoms with Crippen molar-refractivity contribution in [3.63, 3.8) is 0 Å². The number of fused-ring (bicyclic) bond motifs is 1. The predicted octanol–water partition coefficient (Wildman–Crippen LogP) is 1.89. The Kier molecular flexibility index (Phi) is 3.30. The highest BCUT2D eigenvalue weighted by molar-refractivity contribution is 5.87. The highest BCUT2D eigenvalue weighted by Gasteiger charge is 2.42. The lowest BCUT2D eigenvalue weighted by Crippen LogP contribution is -2.54. The van der Waals surface area contributed by atoms with Crippen molar-refractivity contribution in [2.75, 3.05) is 19.6 Å². The van der Waals surface area contributed by atoms with E-state index in [-0.39, 0.29) is 11.4 Å². The Morgan fingerprint density at radius 3 is 2.53 bits per heavy atom. The topological polar surface area (TPSA) is 23.6 Å². The van der Waals surface area contributed by atoms with Gasteiger partial charge in [-0.05, 0) is 52.2 Å². The Bertz CT molecular complexity index is 319. The number of likely N-dealkylation sites (tertiary alicyclic amines) is 2. The van der Waals surface area contributed by atoms with Crippen molar-refractivity contribution in [1.82, 2.24) is 9.80 Å². The number of hydrogen-bond acceptors (Lipinski definition) is 2. The van der Waals surface area contributed by atoms with E-state index < -0.39 is 0 Å². The summed E-state index contributed by atoms with van der Waals surface area (Å²) in [5.74, 6) is 0.868. The first-order valence-electron chi connectivity index (χ1n) is 6.61. The van der Waals surface area contributed by atoms with Crippen LogP contribution in [0.4, 0.5) is 0 Å². The highest BCUT2D eigenvalue weighted by Crippen LogP contribution is 2.35. The summed E-state index contributed by atoms with van der Waals surface area (Å²) in [5.41, 5.74) is 0.208. The van der Waals surface area contributed by atoms with Crippen LogP contribution in [-0.4, -0.2) is 46.9 Å². The largest absolute Gasteiger partial charge is 0.338 e. The molecule has 0 radical (unpaired) electrons. The third-order valence-corrected chi connectivity index (χ3v) is 4.21. The monoisotopic (exact) mass is 236 g/mol. The van der Waals surface area contributed by atoms with Crippen molar-refractivity contribution < 1.29 is 4.79 Å². The van der Waals surface area contributed by atoms with Crippen molar-refractivity contribution >= 4 is 5.91 Å². The van der Waals surface area contributed by atoms with Crippen LogP contribution in [0.2, 0.25) is 0 Å². The summed E-state index contributed by atoms with van der Waals surface area (Å²) in [7, 11) is 0. The zero-order valence-corrected chi connectivity index (χ0v) is 11.3. The molecule has 2 rings (SSSR count). The Morgan fingerprint density at radius 2 is 1.94 bits per heavy atom. The van der Waals surface area contributed by atoms with Crippen LogP contribution in [0.25, 0.3) is 0 Å². The number of carbonyl (C=O) groups excluding carboxylic acids is 1. The van der Waals surface area contributed by atoms with Crippen LogP contribution in [-0.2, 0) is 4.79 Å². The van der Waals surface area contributed by atoms with Gasteiger partial charge in [-0.2, -0.15) is 0 Å². The number of piperidine rings is 1. The van der Waals surface area contributed by atoms with Crippen molar-refractivity contribution in [2.45, 2.75) is 45.2 Å². The smallest absolute Gasteiger partial charge is 0.246 e. The van der Waals surface area contributed by atoms with E-state index in [4.69, 9.17) is 0 Å². The molecule has 2 saturated heterocycles. The number of rotatable bonds is 1. The van der Waals surface area contributed by atoms with E-state index in [1.54, 1.807) is 0 Å². The average Bonchev–Trinajstić information content (AvgIpc) is 2.70. The Hall–Kier alpha value is -0.830. The van der Waals surface area contributed by atoms with Gasteiger partial charge in [0.05, 0.1) is 0 Å². The van der Waals surface area contributed by atoms with Crippen LogP contribution in [0.3, 0.4) is 0 Å². The number of hydrogen-bond donors (Lipinski definition) is 0. The van der Waals surface area contributed by atoms with Gasteiger partial charge >= 0.3 is 0 Å². The van der Waals surface area contributed by atoms with Gasteiger partial charge in [-0.25, -0.2) is 0 Å². The molecule has 1 amide bonds. The summed E-state index contributed by atoms with van der Waals surface area (Å²) < 4.78 is 0. The molecule has 0 aromatic heterocycles. The van der Waals surface area contributed by atoms with Crippen LogP contribution < -0.4 is 0 Å². The van der Waals surface area contributed by atoms with Gasteiger partial charge in [-0.15, -0.1) is 0 Å². The standard InChI is InChI=1S/C14H24N2O/c1-5-13(17)15-8-6-11-7-9-16(12(11)10-15)14(2,3)4/h5,11-12H,1,6-10H2,2-4H3. The fourth-order valence-corrected chi connectivity index (χ4v) is 3.30. The first-order valence-corrected chi connectivity index (χ1v) is 6.61. The van der Waals surface area contributed by atoms with E-state index >= 15 is 0 Å². The van der Waals surface area contributed by atoms with E-state index in [1.807, 2.05) is 4.90 Å². The number of amides is 1. The lowest BCUT2D eigenvalue weighted by molar-refractivity contribution is -0.128. The summed E-state index contributed by atoms with van der Waals surface area (Å²) in [5, 5.41) is 0. The fraction of sp³-hybridized carbons (Fsp3) is 0.786.